The van der Waals surface area contributed by atoms with Crippen LogP contribution in [0.4, 0.5) is 22.9 Å². The van der Waals surface area contributed by atoms with E-state index in [1.165, 1.54) is 13.1 Å². The second-order valence-corrected chi connectivity index (χ2v) is 5.96. The van der Waals surface area contributed by atoms with Gasteiger partial charge >= 0.3 is 0 Å². The quantitative estimate of drug-likeness (QED) is 0.625. The molecule has 1 aliphatic heterocycles. The molecule has 26 heavy (non-hydrogen) atoms. The number of nitrogens with two attached hydrogens (primary N) is 1. The lowest BCUT2D eigenvalue weighted by atomic mass is 10.1. The molecular formula is C17H20N6O3. The van der Waals surface area contributed by atoms with Gasteiger partial charge in [0.15, 0.2) is 0 Å². The fourth-order valence-electron chi connectivity index (χ4n) is 3.01. The van der Waals surface area contributed by atoms with Crippen LogP contribution in [-0.2, 0) is 0 Å². The van der Waals surface area contributed by atoms with Gasteiger partial charge in [-0.1, -0.05) is 0 Å². The Morgan fingerprint density at radius 1 is 1.19 bits per heavy atom. The van der Waals surface area contributed by atoms with E-state index in [0.717, 1.165) is 5.69 Å². The molecule has 3 N–H and O–H groups in total. The van der Waals surface area contributed by atoms with Crippen LogP contribution in [0.25, 0.3) is 0 Å². The summed E-state index contributed by atoms with van der Waals surface area (Å²) in [7, 11) is 1.49. The third-order valence-electron chi connectivity index (χ3n) is 4.42. The van der Waals surface area contributed by atoms with Crippen LogP contribution in [0, 0.1) is 10.1 Å². The van der Waals surface area contributed by atoms with Crippen LogP contribution in [0.1, 0.15) is 10.4 Å². The first-order valence-corrected chi connectivity index (χ1v) is 8.21. The summed E-state index contributed by atoms with van der Waals surface area (Å²) in [6, 6.07) is 8.24. The lowest BCUT2D eigenvalue weighted by Gasteiger charge is -2.37. The van der Waals surface area contributed by atoms with Gasteiger partial charge in [-0.2, -0.15) is 0 Å². The summed E-state index contributed by atoms with van der Waals surface area (Å²) >= 11 is 0. The van der Waals surface area contributed by atoms with E-state index in [4.69, 9.17) is 5.73 Å². The Morgan fingerprint density at radius 2 is 1.88 bits per heavy atom. The van der Waals surface area contributed by atoms with Gasteiger partial charge in [-0.25, -0.2) is 4.98 Å². The molecule has 136 valence electrons. The number of nitrogens with one attached hydrogen (secondary N) is 1. The predicted molar refractivity (Wildman–Crippen MR) is 99.6 cm³/mol. The molecule has 1 aliphatic rings. The Balaban J connectivity index is 1.77. The second-order valence-electron chi connectivity index (χ2n) is 5.96. The molecule has 9 nitrogen and oxygen atoms in total. The van der Waals surface area contributed by atoms with E-state index in [2.05, 4.69) is 15.2 Å². The van der Waals surface area contributed by atoms with Crippen LogP contribution >= 0.6 is 0 Å². The van der Waals surface area contributed by atoms with E-state index in [9.17, 15) is 14.9 Å². The second kappa shape index (κ2) is 7.26. The first-order chi connectivity index (χ1) is 12.5. The molecule has 0 spiro atoms. The fraction of sp³-hybridized carbons (Fsp3) is 0.294. The number of hydrogen-bond acceptors (Lipinski definition) is 7. The lowest BCUT2D eigenvalue weighted by Crippen LogP contribution is -2.46. The number of amides is 1. The number of pyridine rings is 1. The number of piperazine rings is 1. The third-order valence-corrected chi connectivity index (χ3v) is 4.42. The Kier molecular flexibility index (Phi) is 4.87. The maximum absolute atomic E-state index is 11.7. The van der Waals surface area contributed by atoms with Gasteiger partial charge in [-0.05, 0) is 24.3 Å². The number of hydrogen-bond donors (Lipinski definition) is 2. The van der Waals surface area contributed by atoms with E-state index < -0.39 is 4.92 Å². The highest BCUT2D eigenvalue weighted by atomic mass is 16.6. The van der Waals surface area contributed by atoms with Gasteiger partial charge in [0, 0.05) is 44.9 Å². The Bertz CT molecular complexity index is 816. The maximum Gasteiger partial charge on any atom is 0.293 e. The van der Waals surface area contributed by atoms with Crippen LogP contribution in [0.2, 0.25) is 0 Å². The van der Waals surface area contributed by atoms with Gasteiger partial charge in [0.1, 0.15) is 11.5 Å². The summed E-state index contributed by atoms with van der Waals surface area (Å²) in [6.07, 6.45) is 1.73. The van der Waals surface area contributed by atoms with Crippen molar-refractivity contribution in [1.29, 1.82) is 0 Å². The van der Waals surface area contributed by atoms with Crippen LogP contribution in [0.5, 0.6) is 0 Å². The maximum atomic E-state index is 11.7. The minimum Gasteiger partial charge on any atom is -0.384 e. The zero-order valence-corrected chi connectivity index (χ0v) is 14.4. The van der Waals surface area contributed by atoms with E-state index in [-0.39, 0.29) is 17.2 Å². The zero-order valence-electron chi connectivity index (χ0n) is 14.4. The molecule has 0 aliphatic carbocycles. The van der Waals surface area contributed by atoms with E-state index >= 15 is 0 Å². The average molecular weight is 356 g/mol. The molecule has 9 heteroatoms. The minimum atomic E-state index is -0.446. The van der Waals surface area contributed by atoms with Crippen molar-refractivity contribution in [3.8, 4) is 0 Å². The van der Waals surface area contributed by atoms with Gasteiger partial charge in [-0.3, -0.25) is 14.9 Å². The molecule has 1 saturated heterocycles. The van der Waals surface area contributed by atoms with E-state index in [0.29, 0.717) is 37.7 Å². The zero-order chi connectivity index (χ0) is 18.7. The van der Waals surface area contributed by atoms with Gasteiger partial charge in [-0.15, -0.1) is 0 Å². The first-order valence-electron chi connectivity index (χ1n) is 8.21. The topological polar surface area (TPSA) is 118 Å². The van der Waals surface area contributed by atoms with Crippen molar-refractivity contribution in [2.45, 2.75) is 0 Å². The molecule has 0 atom stereocenters. The SMILES string of the molecule is CNC(=O)c1ccc(N2CCN(c3ccc(N)nc3)CC2)c([N+](=O)[O-])c1. The summed E-state index contributed by atoms with van der Waals surface area (Å²) in [5.41, 5.74) is 7.32. The number of carbonyl (C=O) groups excluding carboxylic acids is 1. The Morgan fingerprint density at radius 3 is 2.46 bits per heavy atom. The van der Waals surface area contributed by atoms with E-state index in [1.54, 1.807) is 24.4 Å². The minimum absolute atomic E-state index is 0.0614. The summed E-state index contributed by atoms with van der Waals surface area (Å²) in [6.45, 7) is 2.68. The van der Waals surface area contributed by atoms with Crippen LogP contribution in [0.3, 0.4) is 0 Å². The van der Waals surface area contributed by atoms with Crippen molar-refractivity contribution < 1.29 is 9.72 Å². The Hall–Kier alpha value is -3.36. The molecule has 1 fully saturated rings. The van der Waals surface area contributed by atoms with Crippen LogP contribution in [-0.4, -0.2) is 49.0 Å². The Labute approximate surface area is 150 Å². The van der Waals surface area contributed by atoms with Crippen molar-refractivity contribution in [3.05, 3.63) is 52.2 Å². The van der Waals surface area contributed by atoms with Crippen molar-refractivity contribution in [2.24, 2.45) is 0 Å². The van der Waals surface area contributed by atoms with Crippen LogP contribution < -0.4 is 20.9 Å². The third kappa shape index (κ3) is 3.51. The summed E-state index contributed by atoms with van der Waals surface area (Å²) < 4.78 is 0. The summed E-state index contributed by atoms with van der Waals surface area (Å²) in [4.78, 5) is 31.0. The molecule has 1 aromatic carbocycles. The van der Waals surface area contributed by atoms with Crippen molar-refractivity contribution in [2.75, 3.05) is 48.8 Å². The van der Waals surface area contributed by atoms with Crippen LogP contribution in [0.15, 0.2) is 36.5 Å². The number of nitro groups is 1. The molecule has 0 bridgehead atoms. The van der Waals surface area contributed by atoms with Gasteiger partial charge < -0.3 is 20.9 Å². The van der Waals surface area contributed by atoms with Gasteiger partial charge in [0.2, 0.25) is 0 Å². The molecule has 2 aromatic rings. The van der Waals surface area contributed by atoms with Crippen molar-refractivity contribution in [1.82, 2.24) is 10.3 Å². The first kappa shape index (κ1) is 17.5. The highest BCUT2D eigenvalue weighted by Gasteiger charge is 2.25. The number of benzene rings is 1. The smallest absolute Gasteiger partial charge is 0.293 e. The molecule has 1 aromatic heterocycles. The predicted octanol–water partition coefficient (Wildman–Crippen LogP) is 1.26. The number of aromatic nitrogens is 1. The number of rotatable bonds is 4. The fourth-order valence-corrected chi connectivity index (χ4v) is 3.01. The van der Waals surface area contributed by atoms with Gasteiger partial charge in [0.25, 0.3) is 11.6 Å². The highest BCUT2D eigenvalue weighted by Crippen LogP contribution is 2.30. The number of nitro benzene ring substituents is 1. The monoisotopic (exact) mass is 356 g/mol. The summed E-state index contributed by atoms with van der Waals surface area (Å²) in [5.74, 6) is 0.125. The summed E-state index contributed by atoms with van der Waals surface area (Å²) in [5, 5.41) is 13.9. The molecule has 0 saturated carbocycles. The normalized spacial score (nSPS) is 14.2. The lowest BCUT2D eigenvalue weighted by molar-refractivity contribution is -0.384. The van der Waals surface area contributed by atoms with Crippen molar-refractivity contribution >= 4 is 28.8 Å². The molecule has 3 rings (SSSR count). The standard InChI is InChI=1S/C17H20N6O3/c1-19-17(24)12-2-4-14(15(10-12)23(25)26)22-8-6-21(7-9-22)13-3-5-16(18)20-11-13/h2-5,10-11H,6-9H2,1H3,(H2,18,20)(H,19,24). The molecule has 2 heterocycles. The highest BCUT2D eigenvalue weighted by molar-refractivity contribution is 5.95. The molecule has 0 unspecified atom stereocenters. The van der Waals surface area contributed by atoms with Gasteiger partial charge in [0.05, 0.1) is 16.8 Å². The number of nitrogens with zero attached hydrogens (tertiary/aromatic N) is 4. The number of nitrogen functional groups attached to an aromatic ring is 1. The van der Waals surface area contributed by atoms with Crippen molar-refractivity contribution in [3.63, 3.8) is 0 Å². The van der Waals surface area contributed by atoms with E-state index in [1.807, 2.05) is 11.0 Å². The molecule has 1 amide bonds. The molecular weight excluding hydrogens is 336 g/mol. The number of anilines is 3. The number of carbonyl (C=O) groups is 1. The largest absolute Gasteiger partial charge is 0.384 e. The average Bonchev–Trinajstić information content (AvgIpc) is 2.67. The molecule has 0 radical (unpaired) electrons.